The van der Waals surface area contributed by atoms with Gasteiger partial charge in [0, 0.05) is 23.8 Å². The molecule has 4 rings (SSSR count). The number of pyridine rings is 1. The molecule has 6 nitrogen and oxygen atoms in total. The zero-order valence-corrected chi connectivity index (χ0v) is 20.1. The molecule has 172 valence electrons. The molecule has 1 aliphatic carbocycles. The fraction of sp³-hybridized carbons (Fsp3) is 0.346. The predicted molar refractivity (Wildman–Crippen MR) is 131 cm³/mol. The van der Waals surface area contributed by atoms with Gasteiger partial charge in [0.2, 0.25) is 0 Å². The number of aryl methyl sites for hydroxylation is 2. The Labute approximate surface area is 198 Å². The number of carbonyl (C=O) groups excluding carboxylic acids is 2. The number of fused-ring (bicyclic) bond motifs is 1. The molecule has 0 unspecified atom stereocenters. The standard InChI is InChI=1S/C26H29N3O3S/c1-16(2)19-10-9-17(3)12-21(19)32-15-23(30)29-26-24(20-7-4-8-22(20)33-26)25(31)28-14-18-6-5-11-27-13-18/h5-6,9-13,16H,4,7-8,14-15H2,1-3H3,(H,28,31)(H,29,30). The van der Waals surface area contributed by atoms with Crippen molar-refractivity contribution in [3.05, 3.63) is 75.4 Å². The van der Waals surface area contributed by atoms with Gasteiger partial charge in [-0.2, -0.15) is 0 Å². The molecule has 1 aromatic carbocycles. The van der Waals surface area contributed by atoms with Crippen molar-refractivity contribution >= 4 is 28.2 Å². The fourth-order valence-electron chi connectivity index (χ4n) is 4.06. The van der Waals surface area contributed by atoms with Crippen LogP contribution < -0.4 is 15.4 Å². The lowest BCUT2D eigenvalue weighted by molar-refractivity contribution is -0.118. The Bertz CT molecular complexity index is 1160. The van der Waals surface area contributed by atoms with Gasteiger partial charge in [0.05, 0.1) is 5.56 Å². The molecule has 2 amide bonds. The van der Waals surface area contributed by atoms with Crippen LogP contribution in [0.5, 0.6) is 5.75 Å². The lowest BCUT2D eigenvalue weighted by Crippen LogP contribution is -2.26. The van der Waals surface area contributed by atoms with Crippen LogP contribution in [0.25, 0.3) is 0 Å². The van der Waals surface area contributed by atoms with Crippen LogP contribution >= 0.6 is 11.3 Å². The van der Waals surface area contributed by atoms with Gasteiger partial charge in [0.15, 0.2) is 6.61 Å². The molecule has 3 aromatic rings. The largest absolute Gasteiger partial charge is 0.483 e. The number of nitrogens with one attached hydrogen (secondary N) is 2. The number of benzene rings is 1. The van der Waals surface area contributed by atoms with E-state index in [1.165, 1.54) is 16.2 Å². The Hall–Kier alpha value is -3.19. The lowest BCUT2D eigenvalue weighted by atomic mass is 10.0. The molecule has 0 saturated heterocycles. The minimum absolute atomic E-state index is 0.109. The summed E-state index contributed by atoms with van der Waals surface area (Å²) < 4.78 is 5.88. The van der Waals surface area contributed by atoms with Gasteiger partial charge in [-0.05, 0) is 66.5 Å². The summed E-state index contributed by atoms with van der Waals surface area (Å²) in [6, 6.07) is 9.81. The number of aromatic nitrogens is 1. The minimum atomic E-state index is -0.271. The Morgan fingerprint density at radius 3 is 2.82 bits per heavy atom. The van der Waals surface area contributed by atoms with Crippen molar-refractivity contribution < 1.29 is 14.3 Å². The van der Waals surface area contributed by atoms with Crippen molar-refractivity contribution in [3.63, 3.8) is 0 Å². The van der Waals surface area contributed by atoms with E-state index < -0.39 is 0 Å². The molecule has 2 aromatic heterocycles. The minimum Gasteiger partial charge on any atom is -0.483 e. The maximum absolute atomic E-state index is 13.1. The van der Waals surface area contributed by atoms with Crippen molar-refractivity contribution in [1.29, 1.82) is 0 Å². The van der Waals surface area contributed by atoms with E-state index in [2.05, 4.69) is 29.5 Å². The Morgan fingerprint density at radius 2 is 2.06 bits per heavy atom. The molecule has 2 N–H and O–H groups in total. The third-order valence-electron chi connectivity index (χ3n) is 5.73. The summed E-state index contributed by atoms with van der Waals surface area (Å²) in [5.41, 5.74) is 4.72. The fourth-order valence-corrected chi connectivity index (χ4v) is 5.36. The van der Waals surface area contributed by atoms with Gasteiger partial charge >= 0.3 is 0 Å². The second-order valence-corrected chi connectivity index (χ2v) is 9.74. The van der Waals surface area contributed by atoms with Crippen molar-refractivity contribution in [2.45, 2.75) is 52.5 Å². The molecule has 0 radical (unpaired) electrons. The highest BCUT2D eigenvalue weighted by atomic mass is 32.1. The highest BCUT2D eigenvalue weighted by Crippen LogP contribution is 2.39. The first-order valence-corrected chi connectivity index (χ1v) is 12.1. The molecule has 0 fully saturated rings. The number of nitrogens with zero attached hydrogens (tertiary/aromatic N) is 1. The molecular formula is C26H29N3O3S. The normalized spacial score (nSPS) is 12.5. The summed E-state index contributed by atoms with van der Waals surface area (Å²) >= 11 is 1.50. The quantitative estimate of drug-likeness (QED) is 0.492. The first-order chi connectivity index (χ1) is 15.9. The first kappa shape index (κ1) is 23.0. The van der Waals surface area contributed by atoms with Crippen LogP contribution in [0.4, 0.5) is 5.00 Å². The van der Waals surface area contributed by atoms with Gasteiger partial charge < -0.3 is 15.4 Å². The highest BCUT2D eigenvalue weighted by Gasteiger charge is 2.27. The van der Waals surface area contributed by atoms with Crippen LogP contribution in [0.1, 0.15) is 63.7 Å². The summed E-state index contributed by atoms with van der Waals surface area (Å²) in [5.74, 6) is 0.574. The number of carbonyl (C=O) groups is 2. The summed E-state index contributed by atoms with van der Waals surface area (Å²) in [4.78, 5) is 31.1. The molecule has 0 bridgehead atoms. The summed E-state index contributed by atoms with van der Waals surface area (Å²) in [6.45, 7) is 6.48. The molecule has 1 aliphatic rings. The molecule has 33 heavy (non-hydrogen) atoms. The Kier molecular flexibility index (Phi) is 7.08. The maximum atomic E-state index is 13.1. The zero-order chi connectivity index (χ0) is 23.4. The third-order valence-corrected chi connectivity index (χ3v) is 6.93. The van der Waals surface area contributed by atoms with Crippen LogP contribution in [0, 0.1) is 6.92 Å². The van der Waals surface area contributed by atoms with Gasteiger partial charge in [-0.1, -0.05) is 32.0 Å². The van der Waals surface area contributed by atoms with Crippen molar-refractivity contribution in [2.75, 3.05) is 11.9 Å². The topological polar surface area (TPSA) is 80.3 Å². The van der Waals surface area contributed by atoms with E-state index in [0.29, 0.717) is 23.0 Å². The number of thiophene rings is 1. The maximum Gasteiger partial charge on any atom is 0.262 e. The van der Waals surface area contributed by atoms with E-state index in [0.717, 1.165) is 47.3 Å². The summed E-state index contributed by atoms with van der Waals surface area (Å²) in [5, 5.41) is 6.51. The molecule has 0 atom stereocenters. The number of amides is 2. The van der Waals surface area contributed by atoms with Gasteiger partial charge in [0.1, 0.15) is 10.8 Å². The number of rotatable bonds is 8. The second-order valence-electron chi connectivity index (χ2n) is 8.64. The average molecular weight is 464 g/mol. The van der Waals surface area contributed by atoms with Crippen molar-refractivity contribution in [2.24, 2.45) is 0 Å². The summed E-state index contributed by atoms with van der Waals surface area (Å²) in [7, 11) is 0. The second kappa shape index (κ2) is 10.2. The van der Waals surface area contributed by atoms with Crippen LogP contribution in [-0.4, -0.2) is 23.4 Å². The predicted octanol–water partition coefficient (Wildman–Crippen LogP) is 5.01. The third kappa shape index (κ3) is 5.42. The van der Waals surface area contributed by atoms with E-state index in [9.17, 15) is 9.59 Å². The van der Waals surface area contributed by atoms with Gasteiger partial charge in [-0.3, -0.25) is 14.6 Å². The van der Waals surface area contributed by atoms with E-state index in [4.69, 9.17) is 4.74 Å². The molecular weight excluding hydrogens is 434 g/mol. The number of hydrogen-bond donors (Lipinski definition) is 2. The van der Waals surface area contributed by atoms with Crippen molar-refractivity contribution in [1.82, 2.24) is 10.3 Å². The smallest absolute Gasteiger partial charge is 0.262 e. The van der Waals surface area contributed by atoms with E-state index >= 15 is 0 Å². The Morgan fingerprint density at radius 1 is 1.21 bits per heavy atom. The van der Waals surface area contributed by atoms with Gasteiger partial charge in [-0.25, -0.2) is 0 Å². The summed E-state index contributed by atoms with van der Waals surface area (Å²) in [6.07, 6.45) is 6.26. The Balaban J connectivity index is 1.45. The SMILES string of the molecule is Cc1ccc(C(C)C)c(OCC(=O)Nc2sc3c(c2C(=O)NCc2cccnc2)CCC3)c1. The van der Waals surface area contributed by atoms with Crippen LogP contribution in [0.15, 0.2) is 42.7 Å². The molecule has 2 heterocycles. The van der Waals surface area contributed by atoms with Crippen molar-refractivity contribution in [3.8, 4) is 5.75 Å². The molecule has 0 spiro atoms. The first-order valence-electron chi connectivity index (χ1n) is 11.3. The molecule has 7 heteroatoms. The zero-order valence-electron chi connectivity index (χ0n) is 19.2. The van der Waals surface area contributed by atoms with E-state index in [-0.39, 0.29) is 18.4 Å². The van der Waals surface area contributed by atoms with Crippen LogP contribution in [0.2, 0.25) is 0 Å². The van der Waals surface area contributed by atoms with Gasteiger partial charge in [0.25, 0.3) is 11.8 Å². The highest BCUT2D eigenvalue weighted by molar-refractivity contribution is 7.17. The number of hydrogen-bond acceptors (Lipinski definition) is 5. The lowest BCUT2D eigenvalue weighted by Gasteiger charge is -2.15. The average Bonchev–Trinajstić information content (AvgIpc) is 3.37. The number of ether oxygens (including phenoxy) is 1. The molecule has 0 aliphatic heterocycles. The van der Waals surface area contributed by atoms with Gasteiger partial charge in [-0.15, -0.1) is 11.3 Å². The van der Waals surface area contributed by atoms with E-state index in [1.54, 1.807) is 12.4 Å². The van der Waals surface area contributed by atoms with E-state index in [1.807, 2.05) is 37.3 Å². The van der Waals surface area contributed by atoms with Crippen LogP contribution in [-0.2, 0) is 24.2 Å². The monoisotopic (exact) mass is 463 g/mol. The van der Waals surface area contributed by atoms with Crippen LogP contribution in [0.3, 0.4) is 0 Å². The molecule has 0 saturated carbocycles. The number of anilines is 1.